The van der Waals surface area contributed by atoms with E-state index in [4.69, 9.17) is 4.74 Å². The van der Waals surface area contributed by atoms with Crippen LogP contribution in [0.25, 0.3) is 0 Å². The molecule has 2 aromatic rings. The molecule has 5 nitrogen and oxygen atoms in total. The molecule has 0 radical (unpaired) electrons. The van der Waals surface area contributed by atoms with Crippen molar-refractivity contribution in [2.75, 3.05) is 0 Å². The minimum Gasteiger partial charge on any atom is -0.502 e. The molecule has 0 fully saturated rings. The molecule has 2 rings (SSSR count). The van der Waals surface area contributed by atoms with Crippen LogP contribution in [0.2, 0.25) is 0 Å². The Morgan fingerprint density at radius 3 is 2.44 bits per heavy atom. The molecule has 0 amide bonds. The molecule has 1 N–H and O–H groups in total. The van der Waals surface area contributed by atoms with Gasteiger partial charge in [-0.1, -0.05) is 18.2 Å². The Labute approximate surface area is 111 Å². The number of aromatic hydroxyl groups is 1. The average Bonchev–Trinajstić information content (AvgIpc) is 2.35. The lowest BCUT2D eigenvalue weighted by atomic mass is 10.2. The highest BCUT2D eigenvalue weighted by Gasteiger charge is 2.24. The maximum Gasteiger partial charge on any atom is 0.353 e. The summed E-state index contributed by atoms with van der Waals surface area (Å²) in [6, 6.07) is 11.4. The molecule has 18 heavy (non-hydrogen) atoms. The van der Waals surface area contributed by atoms with Crippen molar-refractivity contribution < 1.29 is 14.8 Å². The van der Waals surface area contributed by atoms with Gasteiger partial charge >= 0.3 is 5.69 Å². The first-order valence-electron chi connectivity index (χ1n) is 4.98. The molecule has 0 spiro atoms. The maximum absolute atomic E-state index is 10.9. The Morgan fingerprint density at radius 2 is 1.83 bits per heavy atom. The number of benzene rings is 2. The molecule has 0 aliphatic rings. The first-order valence-corrected chi connectivity index (χ1v) is 5.77. The van der Waals surface area contributed by atoms with Crippen LogP contribution in [0.3, 0.4) is 0 Å². The maximum atomic E-state index is 10.9. The van der Waals surface area contributed by atoms with Crippen molar-refractivity contribution in [3.05, 3.63) is 57.1 Å². The number of hydrogen-bond acceptors (Lipinski definition) is 4. The van der Waals surface area contributed by atoms with Gasteiger partial charge in [-0.15, -0.1) is 0 Å². The Balaban J connectivity index is 2.50. The van der Waals surface area contributed by atoms with Gasteiger partial charge < -0.3 is 9.84 Å². The topological polar surface area (TPSA) is 72.6 Å². The van der Waals surface area contributed by atoms with Gasteiger partial charge in [0.15, 0.2) is 5.75 Å². The molecule has 6 heteroatoms. The van der Waals surface area contributed by atoms with Crippen LogP contribution in [-0.4, -0.2) is 10.0 Å². The molecule has 0 bridgehead atoms. The predicted octanol–water partition coefficient (Wildman–Crippen LogP) is 3.86. The summed E-state index contributed by atoms with van der Waals surface area (Å²) in [4.78, 5) is 10.2. The smallest absolute Gasteiger partial charge is 0.353 e. The molecule has 0 heterocycles. The van der Waals surface area contributed by atoms with Crippen molar-refractivity contribution in [2.24, 2.45) is 0 Å². The molecule has 0 aliphatic carbocycles. The third-order valence-electron chi connectivity index (χ3n) is 2.21. The van der Waals surface area contributed by atoms with Crippen LogP contribution >= 0.6 is 15.9 Å². The lowest BCUT2D eigenvalue weighted by Gasteiger charge is -2.08. The number of nitrogens with zero attached hydrogens (tertiary/aromatic N) is 1. The second-order valence-corrected chi connectivity index (χ2v) is 4.27. The molecule has 0 saturated carbocycles. The van der Waals surface area contributed by atoms with Gasteiger partial charge in [0, 0.05) is 0 Å². The lowest BCUT2D eigenvalue weighted by molar-refractivity contribution is -0.386. The highest BCUT2D eigenvalue weighted by Crippen LogP contribution is 2.43. The SMILES string of the molecule is O=[N+]([O-])c1c(O)ccc(Br)c1Oc1ccccc1. The van der Waals surface area contributed by atoms with E-state index < -0.39 is 16.4 Å². The van der Waals surface area contributed by atoms with E-state index in [2.05, 4.69) is 15.9 Å². The Bertz CT molecular complexity index is 586. The lowest BCUT2D eigenvalue weighted by Crippen LogP contribution is -1.95. The van der Waals surface area contributed by atoms with E-state index in [9.17, 15) is 15.2 Å². The van der Waals surface area contributed by atoms with E-state index in [1.807, 2.05) is 0 Å². The Kier molecular flexibility index (Phi) is 3.47. The van der Waals surface area contributed by atoms with Gasteiger partial charge in [0.05, 0.1) is 9.40 Å². The minimum absolute atomic E-state index is 0.0220. The zero-order chi connectivity index (χ0) is 13.1. The molecule has 0 saturated heterocycles. The zero-order valence-electron chi connectivity index (χ0n) is 9.04. The van der Waals surface area contributed by atoms with Crippen molar-refractivity contribution in [3.8, 4) is 17.2 Å². The molecular weight excluding hydrogens is 302 g/mol. The van der Waals surface area contributed by atoms with Crippen LogP contribution in [0.1, 0.15) is 0 Å². The number of halogens is 1. The second kappa shape index (κ2) is 5.05. The van der Waals surface area contributed by atoms with Crippen LogP contribution in [0.4, 0.5) is 5.69 Å². The number of phenolic OH excluding ortho intramolecular Hbond substituents is 1. The van der Waals surface area contributed by atoms with Gasteiger partial charge in [-0.2, -0.15) is 0 Å². The summed E-state index contributed by atoms with van der Waals surface area (Å²) in [5.74, 6) is -0.00719. The van der Waals surface area contributed by atoms with E-state index in [0.29, 0.717) is 10.2 Å². The van der Waals surface area contributed by atoms with Crippen molar-refractivity contribution >= 4 is 21.6 Å². The van der Waals surface area contributed by atoms with Crippen molar-refractivity contribution in [3.63, 3.8) is 0 Å². The first kappa shape index (κ1) is 12.4. The molecule has 0 aromatic heterocycles. The van der Waals surface area contributed by atoms with Crippen LogP contribution in [0.5, 0.6) is 17.2 Å². The fourth-order valence-corrected chi connectivity index (χ4v) is 1.82. The predicted molar refractivity (Wildman–Crippen MR) is 69.0 cm³/mol. The summed E-state index contributed by atoms with van der Waals surface area (Å²) in [5, 5.41) is 20.5. The summed E-state index contributed by atoms with van der Waals surface area (Å²) in [5.41, 5.74) is -0.465. The molecule has 2 aromatic carbocycles. The number of nitro benzene ring substituents is 1. The highest BCUT2D eigenvalue weighted by molar-refractivity contribution is 9.10. The third-order valence-corrected chi connectivity index (χ3v) is 2.83. The molecule has 92 valence electrons. The fourth-order valence-electron chi connectivity index (χ4n) is 1.42. The van der Waals surface area contributed by atoms with Crippen molar-refractivity contribution in [2.45, 2.75) is 0 Å². The standard InChI is InChI=1S/C12H8BrNO4/c13-9-6-7-10(15)11(14(16)17)12(9)18-8-4-2-1-3-5-8/h1-7,15H. The number of nitro groups is 1. The highest BCUT2D eigenvalue weighted by atomic mass is 79.9. The second-order valence-electron chi connectivity index (χ2n) is 3.42. The van der Waals surface area contributed by atoms with E-state index >= 15 is 0 Å². The molecule has 0 unspecified atom stereocenters. The molecular formula is C12H8BrNO4. The number of para-hydroxylation sites is 1. The largest absolute Gasteiger partial charge is 0.502 e. The van der Waals surface area contributed by atoms with Gasteiger partial charge in [0.25, 0.3) is 0 Å². The van der Waals surface area contributed by atoms with E-state index in [-0.39, 0.29) is 5.75 Å². The monoisotopic (exact) mass is 309 g/mol. The van der Waals surface area contributed by atoms with Gasteiger partial charge in [-0.25, -0.2) is 0 Å². The molecule has 0 aliphatic heterocycles. The van der Waals surface area contributed by atoms with Gasteiger partial charge in [0.2, 0.25) is 5.75 Å². The number of rotatable bonds is 3. The van der Waals surface area contributed by atoms with Crippen LogP contribution in [0, 0.1) is 10.1 Å². The van der Waals surface area contributed by atoms with Crippen molar-refractivity contribution in [1.29, 1.82) is 0 Å². The summed E-state index contributed by atoms with van der Waals surface area (Å²) in [6.07, 6.45) is 0. The fraction of sp³-hybridized carbons (Fsp3) is 0. The van der Waals surface area contributed by atoms with Gasteiger partial charge in [0.1, 0.15) is 5.75 Å². The van der Waals surface area contributed by atoms with Gasteiger partial charge in [-0.3, -0.25) is 10.1 Å². The average molecular weight is 310 g/mol. The zero-order valence-corrected chi connectivity index (χ0v) is 10.6. The van der Waals surface area contributed by atoms with Crippen molar-refractivity contribution in [1.82, 2.24) is 0 Å². The Hall–Kier alpha value is -2.08. The van der Waals surface area contributed by atoms with E-state index in [0.717, 1.165) is 0 Å². The van der Waals surface area contributed by atoms with Crippen LogP contribution in [0.15, 0.2) is 46.9 Å². The number of ether oxygens (including phenoxy) is 1. The van der Waals surface area contributed by atoms with Gasteiger partial charge in [-0.05, 0) is 40.2 Å². The summed E-state index contributed by atoms with van der Waals surface area (Å²) in [7, 11) is 0. The minimum atomic E-state index is -0.682. The van der Waals surface area contributed by atoms with Crippen LogP contribution < -0.4 is 4.74 Å². The summed E-state index contributed by atoms with van der Waals surface area (Å²) >= 11 is 3.17. The summed E-state index contributed by atoms with van der Waals surface area (Å²) in [6.45, 7) is 0. The number of phenols is 1. The first-order chi connectivity index (χ1) is 8.59. The van der Waals surface area contributed by atoms with E-state index in [1.165, 1.54) is 12.1 Å². The number of hydrogen-bond donors (Lipinski definition) is 1. The van der Waals surface area contributed by atoms with E-state index in [1.54, 1.807) is 30.3 Å². The Morgan fingerprint density at radius 1 is 1.17 bits per heavy atom. The summed E-state index contributed by atoms with van der Waals surface area (Å²) < 4.78 is 5.83. The third kappa shape index (κ3) is 2.43. The normalized spacial score (nSPS) is 10.1. The molecule has 0 atom stereocenters. The quantitative estimate of drug-likeness (QED) is 0.690. The van der Waals surface area contributed by atoms with Crippen LogP contribution in [-0.2, 0) is 0 Å².